The van der Waals surface area contributed by atoms with Crippen LogP contribution >= 0.6 is 23.5 Å². The summed E-state index contributed by atoms with van der Waals surface area (Å²) >= 11 is 3.27. The zero-order chi connectivity index (χ0) is 20.6. The molecule has 1 heterocycles. The van der Waals surface area contributed by atoms with Crippen LogP contribution in [0, 0.1) is 10.1 Å². The molecule has 0 radical (unpaired) electrons. The van der Waals surface area contributed by atoms with Crippen LogP contribution in [0.1, 0.15) is 25.3 Å². The van der Waals surface area contributed by atoms with Crippen LogP contribution in [-0.2, 0) is 6.42 Å². The molecule has 1 aliphatic carbocycles. The number of hydrazine groups is 1. The summed E-state index contributed by atoms with van der Waals surface area (Å²) in [6.07, 6.45) is 9.40. The van der Waals surface area contributed by atoms with Crippen LogP contribution in [0.15, 0.2) is 64.2 Å². The molecule has 4 N–H and O–H groups in total. The molecular formula is C20H25N5O2S2. The molecule has 0 saturated carbocycles. The van der Waals surface area contributed by atoms with Gasteiger partial charge in [0.1, 0.15) is 0 Å². The molecule has 154 valence electrons. The molecule has 0 aromatic heterocycles. The number of nitrogens with zero attached hydrogens (tertiary/aromatic N) is 2. The summed E-state index contributed by atoms with van der Waals surface area (Å²) in [6.45, 7) is 2.05. The van der Waals surface area contributed by atoms with Crippen molar-refractivity contribution in [3.63, 3.8) is 0 Å². The number of nitrogens with two attached hydrogens (primary N) is 1. The van der Waals surface area contributed by atoms with Crippen LogP contribution in [0.3, 0.4) is 0 Å². The topological polar surface area (TPSA) is 106 Å². The minimum Gasteiger partial charge on any atom is -0.400 e. The Labute approximate surface area is 179 Å². The van der Waals surface area contributed by atoms with Gasteiger partial charge >= 0.3 is 0 Å². The Balaban J connectivity index is 1.71. The molecule has 1 unspecified atom stereocenters. The first-order valence-electron chi connectivity index (χ1n) is 9.43. The molecule has 3 rings (SSSR count). The van der Waals surface area contributed by atoms with Crippen molar-refractivity contribution >= 4 is 34.4 Å². The molecular weight excluding hydrogens is 406 g/mol. The van der Waals surface area contributed by atoms with Crippen molar-refractivity contribution in [2.24, 2.45) is 10.7 Å². The number of benzene rings is 1. The maximum atomic E-state index is 10.9. The molecule has 1 fully saturated rings. The highest BCUT2D eigenvalue weighted by Gasteiger charge is 2.20. The lowest BCUT2D eigenvalue weighted by molar-refractivity contribution is -0.384. The molecule has 29 heavy (non-hydrogen) atoms. The first kappa shape index (κ1) is 21.5. The number of aliphatic imine (C=N–C) groups is 1. The van der Waals surface area contributed by atoms with E-state index in [4.69, 9.17) is 10.7 Å². The smallest absolute Gasteiger partial charge is 0.269 e. The van der Waals surface area contributed by atoms with Gasteiger partial charge < -0.3 is 5.73 Å². The SMILES string of the molecule is CC1NNC(=N[C@@H](Cc2ccc([N+](=O)[O-])cc2)/C(N)=C/SCC2=CCCC=C2)S1. The second-order valence-corrected chi connectivity index (χ2v) is 8.98. The number of allylic oxidation sites excluding steroid dienone is 3. The average molecular weight is 432 g/mol. The molecule has 1 saturated heterocycles. The standard InChI is InChI=1S/C20H25N5O2S2/c1-14-23-24-20(29-14)22-19(11-15-7-9-17(10-8-15)25(26)27)18(21)13-28-12-16-5-3-2-4-6-16/h3,5-10,13-14,19,23H,2,4,11-12,21H2,1H3,(H,22,24)/b18-13-/t14?,19-/m0/s1. The van der Waals surface area contributed by atoms with E-state index in [9.17, 15) is 10.1 Å². The Kier molecular flexibility index (Phi) is 7.79. The van der Waals surface area contributed by atoms with Gasteiger partial charge in [0.15, 0.2) is 5.17 Å². The van der Waals surface area contributed by atoms with E-state index in [1.807, 2.05) is 12.3 Å². The highest BCUT2D eigenvalue weighted by molar-refractivity contribution is 8.14. The highest BCUT2D eigenvalue weighted by atomic mass is 32.2. The maximum Gasteiger partial charge on any atom is 0.269 e. The summed E-state index contributed by atoms with van der Waals surface area (Å²) in [4.78, 5) is 15.3. The number of thioether (sulfide) groups is 2. The molecule has 7 nitrogen and oxygen atoms in total. The van der Waals surface area contributed by atoms with Gasteiger partial charge in [0, 0.05) is 30.0 Å². The van der Waals surface area contributed by atoms with Crippen molar-refractivity contribution in [1.82, 2.24) is 10.9 Å². The normalized spacial score (nSPS) is 21.7. The van der Waals surface area contributed by atoms with Gasteiger partial charge in [-0.2, -0.15) is 0 Å². The summed E-state index contributed by atoms with van der Waals surface area (Å²) < 4.78 is 0. The zero-order valence-corrected chi connectivity index (χ0v) is 17.8. The largest absolute Gasteiger partial charge is 0.400 e. The third kappa shape index (κ3) is 6.66. The number of nitro benzene ring substituents is 1. The number of amidine groups is 1. The molecule has 1 aromatic rings. The van der Waals surface area contributed by atoms with Crippen molar-refractivity contribution in [2.45, 2.75) is 37.6 Å². The minimum absolute atomic E-state index is 0.0792. The molecule has 1 aliphatic heterocycles. The second-order valence-electron chi connectivity index (χ2n) is 6.79. The quantitative estimate of drug-likeness (QED) is 0.424. The van der Waals surface area contributed by atoms with Crippen LogP contribution in [0.2, 0.25) is 0 Å². The van der Waals surface area contributed by atoms with Gasteiger partial charge in [0.2, 0.25) is 0 Å². The van der Waals surface area contributed by atoms with Gasteiger partial charge in [-0.25, -0.2) is 5.43 Å². The summed E-state index contributed by atoms with van der Waals surface area (Å²) in [6, 6.07) is 6.31. The predicted octanol–water partition coefficient (Wildman–Crippen LogP) is 3.86. The summed E-state index contributed by atoms with van der Waals surface area (Å²) in [5, 5.41) is 13.9. The third-order valence-electron chi connectivity index (χ3n) is 4.45. The fraction of sp³-hybridized carbons (Fsp3) is 0.350. The van der Waals surface area contributed by atoms with Crippen molar-refractivity contribution in [3.05, 3.63) is 74.8 Å². The Bertz CT molecular complexity index is 849. The number of nitro groups is 1. The van der Waals surface area contributed by atoms with Crippen LogP contribution in [0.25, 0.3) is 0 Å². The van der Waals surface area contributed by atoms with Gasteiger partial charge in [-0.15, -0.1) is 11.8 Å². The first-order chi connectivity index (χ1) is 14.0. The second kappa shape index (κ2) is 10.5. The summed E-state index contributed by atoms with van der Waals surface area (Å²) in [5.41, 5.74) is 15.6. The number of non-ortho nitro benzene ring substituents is 1. The van der Waals surface area contributed by atoms with E-state index in [1.165, 1.54) is 17.7 Å². The predicted molar refractivity (Wildman–Crippen MR) is 123 cm³/mol. The van der Waals surface area contributed by atoms with E-state index in [-0.39, 0.29) is 17.1 Å². The van der Waals surface area contributed by atoms with E-state index in [1.54, 1.807) is 35.7 Å². The zero-order valence-electron chi connectivity index (χ0n) is 16.2. The molecule has 0 spiro atoms. The molecule has 0 bridgehead atoms. The molecule has 9 heteroatoms. The van der Waals surface area contributed by atoms with Crippen LogP contribution in [0.4, 0.5) is 5.69 Å². The van der Waals surface area contributed by atoms with Crippen LogP contribution in [0.5, 0.6) is 0 Å². The molecule has 2 aliphatic rings. The fourth-order valence-electron chi connectivity index (χ4n) is 2.90. The molecule has 0 amide bonds. The monoisotopic (exact) mass is 431 g/mol. The fourth-order valence-corrected chi connectivity index (χ4v) is 4.49. The number of hydrogen-bond donors (Lipinski definition) is 3. The average Bonchev–Trinajstić information content (AvgIpc) is 3.13. The Morgan fingerprint density at radius 1 is 1.45 bits per heavy atom. The summed E-state index contributed by atoms with van der Waals surface area (Å²) in [5.74, 6) is 0.879. The minimum atomic E-state index is -0.396. The van der Waals surface area contributed by atoms with Crippen LogP contribution < -0.4 is 16.6 Å². The van der Waals surface area contributed by atoms with Gasteiger partial charge in [-0.05, 0) is 36.3 Å². The van der Waals surface area contributed by atoms with E-state index < -0.39 is 4.92 Å². The van der Waals surface area contributed by atoms with Gasteiger partial charge in [-0.3, -0.25) is 20.5 Å². The number of nitrogens with one attached hydrogen (secondary N) is 2. The van der Waals surface area contributed by atoms with E-state index in [2.05, 4.69) is 29.1 Å². The van der Waals surface area contributed by atoms with E-state index >= 15 is 0 Å². The molecule has 2 atom stereocenters. The maximum absolute atomic E-state index is 10.9. The number of hydrogen-bond acceptors (Lipinski definition) is 7. The Morgan fingerprint density at radius 2 is 2.24 bits per heavy atom. The Morgan fingerprint density at radius 3 is 2.86 bits per heavy atom. The summed E-state index contributed by atoms with van der Waals surface area (Å²) in [7, 11) is 0. The van der Waals surface area contributed by atoms with Crippen molar-refractivity contribution < 1.29 is 4.92 Å². The van der Waals surface area contributed by atoms with Crippen molar-refractivity contribution in [1.29, 1.82) is 0 Å². The third-order valence-corrected chi connectivity index (χ3v) is 6.29. The van der Waals surface area contributed by atoms with Gasteiger partial charge in [-0.1, -0.05) is 42.1 Å². The lowest BCUT2D eigenvalue weighted by Crippen LogP contribution is -2.31. The highest BCUT2D eigenvalue weighted by Crippen LogP contribution is 2.22. The van der Waals surface area contributed by atoms with Crippen LogP contribution in [-0.4, -0.2) is 27.3 Å². The van der Waals surface area contributed by atoms with E-state index in [0.29, 0.717) is 12.1 Å². The first-order valence-corrected chi connectivity index (χ1v) is 11.4. The van der Waals surface area contributed by atoms with Gasteiger partial charge in [0.05, 0.1) is 16.3 Å². The van der Waals surface area contributed by atoms with E-state index in [0.717, 1.165) is 29.3 Å². The van der Waals surface area contributed by atoms with Crippen molar-refractivity contribution in [2.75, 3.05) is 5.75 Å². The van der Waals surface area contributed by atoms with Crippen molar-refractivity contribution in [3.8, 4) is 0 Å². The molecule has 1 aromatic carbocycles. The lowest BCUT2D eigenvalue weighted by atomic mass is 10.0. The Hall–Kier alpha value is -2.23. The number of rotatable bonds is 8. The lowest BCUT2D eigenvalue weighted by Gasteiger charge is -2.15. The van der Waals surface area contributed by atoms with Gasteiger partial charge in [0.25, 0.3) is 5.69 Å².